The minimum Gasteiger partial charge on any atom is -0.507 e. The fraction of sp³-hybridized carbons (Fsp3) is 0.200. The van der Waals surface area contributed by atoms with Crippen molar-refractivity contribution in [2.75, 3.05) is 0 Å². The van der Waals surface area contributed by atoms with Crippen molar-refractivity contribution in [2.45, 2.75) is 32.0 Å². The summed E-state index contributed by atoms with van der Waals surface area (Å²) >= 11 is 6.21. The Hall–Kier alpha value is -3.51. The van der Waals surface area contributed by atoms with Gasteiger partial charge in [0.15, 0.2) is 0 Å². The molecular weight excluding hydrogens is 430 g/mol. The lowest BCUT2D eigenvalue weighted by atomic mass is 9.94. The molecule has 2 aliphatic rings. The number of Topliss-reactive ketones (excluding diaryl/α,β-unsaturated/α-hetero) is 1. The van der Waals surface area contributed by atoms with Crippen LogP contribution in [0.2, 0.25) is 5.02 Å². The third-order valence-corrected chi connectivity index (χ3v) is 6.02. The molecule has 0 radical (unpaired) electrons. The van der Waals surface area contributed by atoms with E-state index >= 15 is 0 Å². The molecule has 6 nitrogen and oxygen atoms in total. The second kappa shape index (κ2) is 7.88. The first-order valence-corrected chi connectivity index (χ1v) is 10.7. The quantitative estimate of drug-likeness (QED) is 0.349. The SMILES string of the molecule is C[C@H]1Cc2cc(/C(O)=C3\C(=O)C(=O)N(Cc4ccco4)[C@@H]3c3cccc(Cl)c3)ccc2O1. The number of hydrogen-bond donors (Lipinski definition) is 1. The van der Waals surface area contributed by atoms with Gasteiger partial charge in [0.2, 0.25) is 0 Å². The molecule has 1 aromatic heterocycles. The molecular formula is C25H20ClNO5. The molecule has 2 aromatic carbocycles. The van der Waals surface area contributed by atoms with E-state index in [2.05, 4.69) is 0 Å². The second-order valence-corrected chi connectivity index (χ2v) is 8.45. The highest BCUT2D eigenvalue weighted by molar-refractivity contribution is 6.46. The average Bonchev–Trinajstić information content (AvgIpc) is 3.47. The van der Waals surface area contributed by atoms with Crippen LogP contribution in [-0.4, -0.2) is 27.8 Å². The molecule has 1 N–H and O–H groups in total. The van der Waals surface area contributed by atoms with E-state index in [1.54, 1.807) is 48.5 Å². The van der Waals surface area contributed by atoms with E-state index in [-0.39, 0.29) is 24.0 Å². The minimum atomic E-state index is -0.803. The van der Waals surface area contributed by atoms with Gasteiger partial charge in [-0.05, 0) is 60.5 Å². The van der Waals surface area contributed by atoms with Gasteiger partial charge in [-0.3, -0.25) is 9.59 Å². The molecule has 0 saturated carbocycles. The van der Waals surface area contributed by atoms with Gasteiger partial charge in [-0.25, -0.2) is 0 Å². The molecule has 162 valence electrons. The van der Waals surface area contributed by atoms with Gasteiger partial charge < -0.3 is 19.2 Å². The first-order chi connectivity index (χ1) is 15.4. The van der Waals surface area contributed by atoms with Gasteiger partial charge in [-0.2, -0.15) is 0 Å². The van der Waals surface area contributed by atoms with E-state index in [1.165, 1.54) is 11.2 Å². The van der Waals surface area contributed by atoms with Crippen LogP contribution in [0.4, 0.5) is 0 Å². The number of amides is 1. The smallest absolute Gasteiger partial charge is 0.296 e. The normalized spacial score (nSPS) is 21.6. The predicted octanol–water partition coefficient (Wildman–Crippen LogP) is 4.88. The summed E-state index contributed by atoms with van der Waals surface area (Å²) in [6.45, 7) is 2.06. The van der Waals surface area contributed by atoms with Crippen LogP contribution in [0.1, 0.15) is 35.4 Å². The summed E-state index contributed by atoms with van der Waals surface area (Å²) in [7, 11) is 0. The molecule has 0 aliphatic carbocycles. The third kappa shape index (κ3) is 3.46. The Morgan fingerprint density at radius 3 is 2.75 bits per heavy atom. The Morgan fingerprint density at radius 2 is 2.00 bits per heavy atom. The largest absolute Gasteiger partial charge is 0.507 e. The van der Waals surface area contributed by atoms with E-state index in [1.807, 2.05) is 13.0 Å². The number of halogens is 1. The Bertz CT molecular complexity index is 1250. The number of aliphatic hydroxyl groups is 1. The highest BCUT2D eigenvalue weighted by Crippen LogP contribution is 2.41. The number of carbonyl (C=O) groups is 2. The zero-order valence-corrected chi connectivity index (χ0v) is 18.0. The van der Waals surface area contributed by atoms with Crippen molar-refractivity contribution in [3.05, 3.63) is 93.9 Å². The summed E-state index contributed by atoms with van der Waals surface area (Å²) in [4.78, 5) is 27.5. The second-order valence-electron chi connectivity index (χ2n) is 8.02. The summed E-state index contributed by atoms with van der Waals surface area (Å²) in [5.41, 5.74) is 2.06. The summed E-state index contributed by atoms with van der Waals surface area (Å²) < 4.78 is 11.1. The van der Waals surface area contributed by atoms with Gasteiger partial charge in [-0.1, -0.05) is 23.7 Å². The van der Waals surface area contributed by atoms with Crippen LogP contribution < -0.4 is 4.74 Å². The molecule has 3 heterocycles. The lowest BCUT2D eigenvalue weighted by Gasteiger charge is -2.24. The number of likely N-dealkylation sites (tertiary alicyclic amines) is 1. The zero-order valence-electron chi connectivity index (χ0n) is 17.2. The van der Waals surface area contributed by atoms with Crippen LogP contribution >= 0.6 is 11.6 Å². The van der Waals surface area contributed by atoms with Crippen LogP contribution in [0.3, 0.4) is 0 Å². The summed E-state index contributed by atoms with van der Waals surface area (Å²) in [6, 6.07) is 14.9. The molecule has 0 unspecified atom stereocenters. The third-order valence-electron chi connectivity index (χ3n) is 5.78. The number of ketones is 1. The van der Waals surface area contributed by atoms with E-state index in [0.29, 0.717) is 28.3 Å². The Labute approximate surface area is 189 Å². The first-order valence-electron chi connectivity index (χ1n) is 10.3. The molecule has 0 spiro atoms. The zero-order chi connectivity index (χ0) is 22.4. The number of rotatable bonds is 4. The van der Waals surface area contributed by atoms with Gasteiger partial charge in [0.05, 0.1) is 24.4 Å². The van der Waals surface area contributed by atoms with Crippen molar-refractivity contribution in [1.82, 2.24) is 4.90 Å². The summed E-state index contributed by atoms with van der Waals surface area (Å²) in [5, 5.41) is 11.7. The van der Waals surface area contributed by atoms with Crippen molar-refractivity contribution in [3.63, 3.8) is 0 Å². The van der Waals surface area contributed by atoms with E-state index < -0.39 is 17.7 Å². The van der Waals surface area contributed by atoms with Crippen LogP contribution in [0, 0.1) is 0 Å². The van der Waals surface area contributed by atoms with Crippen molar-refractivity contribution < 1.29 is 23.8 Å². The average molecular weight is 450 g/mol. The number of fused-ring (bicyclic) bond motifs is 1. The van der Waals surface area contributed by atoms with Gasteiger partial charge in [0.1, 0.15) is 23.4 Å². The Morgan fingerprint density at radius 1 is 1.16 bits per heavy atom. The number of nitrogens with zero attached hydrogens (tertiary/aromatic N) is 1. The molecule has 32 heavy (non-hydrogen) atoms. The fourth-order valence-corrected chi connectivity index (χ4v) is 4.56. The standard InChI is InChI=1S/C25H20ClNO5/c1-14-10-17-11-16(7-8-20(17)32-14)23(28)21-22(15-4-2-5-18(26)12-15)27(25(30)24(21)29)13-19-6-3-9-31-19/h2-9,11-12,14,22,28H,10,13H2,1H3/b23-21+/t14-,22+/m0/s1. The van der Waals surface area contributed by atoms with E-state index in [9.17, 15) is 14.7 Å². The van der Waals surface area contributed by atoms with Gasteiger partial charge in [0.25, 0.3) is 11.7 Å². The molecule has 1 amide bonds. The molecule has 7 heteroatoms. The van der Waals surface area contributed by atoms with Crippen LogP contribution in [-0.2, 0) is 22.6 Å². The Balaban J connectivity index is 1.64. The first kappa shape index (κ1) is 20.4. The lowest BCUT2D eigenvalue weighted by molar-refractivity contribution is -0.140. The minimum absolute atomic E-state index is 0.0238. The number of aliphatic hydroxyl groups excluding tert-OH is 1. The lowest BCUT2D eigenvalue weighted by Crippen LogP contribution is -2.29. The summed E-state index contributed by atoms with van der Waals surface area (Å²) in [5.74, 6) is -0.380. The fourth-order valence-electron chi connectivity index (χ4n) is 4.36. The molecule has 2 atom stereocenters. The summed E-state index contributed by atoms with van der Waals surface area (Å²) in [6.07, 6.45) is 2.27. The Kier molecular flexibility index (Phi) is 5.02. The molecule has 2 aliphatic heterocycles. The number of hydrogen-bond acceptors (Lipinski definition) is 5. The maximum absolute atomic E-state index is 13.1. The maximum Gasteiger partial charge on any atom is 0.296 e. The molecule has 3 aromatic rings. The van der Waals surface area contributed by atoms with Crippen molar-refractivity contribution in [3.8, 4) is 5.75 Å². The van der Waals surface area contributed by atoms with Crippen molar-refractivity contribution >= 4 is 29.1 Å². The van der Waals surface area contributed by atoms with Gasteiger partial charge >= 0.3 is 0 Å². The molecule has 0 bridgehead atoms. The monoisotopic (exact) mass is 449 g/mol. The molecule has 1 fully saturated rings. The van der Waals surface area contributed by atoms with Crippen molar-refractivity contribution in [2.24, 2.45) is 0 Å². The van der Waals surface area contributed by atoms with Crippen LogP contribution in [0.15, 0.2) is 70.9 Å². The van der Waals surface area contributed by atoms with Crippen LogP contribution in [0.5, 0.6) is 5.75 Å². The molecule has 1 saturated heterocycles. The number of furan rings is 1. The topological polar surface area (TPSA) is 80.0 Å². The van der Waals surface area contributed by atoms with Crippen molar-refractivity contribution in [1.29, 1.82) is 0 Å². The van der Waals surface area contributed by atoms with Gasteiger partial charge in [-0.15, -0.1) is 0 Å². The number of benzene rings is 2. The number of carbonyl (C=O) groups excluding carboxylic acids is 2. The van der Waals surface area contributed by atoms with E-state index in [4.69, 9.17) is 20.8 Å². The highest BCUT2D eigenvalue weighted by atomic mass is 35.5. The highest BCUT2D eigenvalue weighted by Gasteiger charge is 2.46. The molecule has 5 rings (SSSR count). The maximum atomic E-state index is 13.1. The van der Waals surface area contributed by atoms with E-state index in [0.717, 1.165) is 11.3 Å². The van der Waals surface area contributed by atoms with Gasteiger partial charge in [0, 0.05) is 17.0 Å². The predicted molar refractivity (Wildman–Crippen MR) is 118 cm³/mol. The number of ether oxygens (including phenoxy) is 1. The van der Waals surface area contributed by atoms with Crippen LogP contribution in [0.25, 0.3) is 5.76 Å².